The molecule has 82 valence electrons. The normalized spacial score (nSPS) is 36.0. The van der Waals surface area contributed by atoms with Gasteiger partial charge in [-0.2, -0.15) is 0 Å². The first kappa shape index (κ1) is 10.2. The molecular formula is C13H17ClS. The molecule has 3 rings (SSSR count). The van der Waals surface area contributed by atoms with Crippen molar-refractivity contribution in [3.8, 4) is 0 Å². The average Bonchev–Trinajstić information content (AvgIpc) is 2.82. The number of rotatable bonds is 2. The number of aryl methyl sites for hydroxylation is 1. The molecular weight excluding hydrogens is 224 g/mol. The van der Waals surface area contributed by atoms with Crippen LogP contribution in [0.2, 0.25) is 0 Å². The molecule has 0 aromatic carbocycles. The Balaban J connectivity index is 1.73. The smallest absolute Gasteiger partial charge is 0.0712 e. The Bertz CT molecular complexity index is 345. The number of alkyl halides is 1. The van der Waals surface area contributed by atoms with Gasteiger partial charge in [-0.15, -0.1) is 22.9 Å². The number of hydrogen-bond acceptors (Lipinski definition) is 1. The molecule has 3 atom stereocenters. The second-order valence-corrected chi connectivity index (χ2v) is 6.83. The minimum atomic E-state index is 0.303. The van der Waals surface area contributed by atoms with Crippen molar-refractivity contribution in [2.45, 2.75) is 38.0 Å². The van der Waals surface area contributed by atoms with Crippen LogP contribution < -0.4 is 0 Å². The maximum absolute atomic E-state index is 6.60. The van der Waals surface area contributed by atoms with E-state index in [9.17, 15) is 0 Å². The molecule has 2 fully saturated rings. The largest absolute Gasteiger partial charge is 0.144 e. The predicted octanol–water partition coefficient (Wildman–Crippen LogP) is 4.77. The second kappa shape index (κ2) is 3.78. The first-order valence-electron chi connectivity index (χ1n) is 5.98. The zero-order chi connectivity index (χ0) is 10.4. The van der Waals surface area contributed by atoms with E-state index in [1.165, 1.54) is 35.4 Å². The lowest BCUT2D eigenvalue weighted by molar-refractivity contribution is 0.480. The molecule has 1 aromatic heterocycles. The van der Waals surface area contributed by atoms with E-state index in [1.807, 2.05) is 11.3 Å². The highest BCUT2D eigenvalue weighted by Crippen LogP contribution is 2.62. The summed E-state index contributed by atoms with van der Waals surface area (Å²) in [4.78, 5) is 2.79. The van der Waals surface area contributed by atoms with Crippen LogP contribution in [0.25, 0.3) is 0 Å². The lowest BCUT2D eigenvalue weighted by Crippen LogP contribution is -1.92. The molecule has 0 amide bonds. The zero-order valence-electron chi connectivity index (χ0n) is 9.08. The third-order valence-corrected chi connectivity index (χ3v) is 5.83. The summed E-state index contributed by atoms with van der Waals surface area (Å²) in [5.74, 6) is 2.72. The van der Waals surface area contributed by atoms with Crippen LogP contribution in [0.4, 0.5) is 0 Å². The Morgan fingerprint density at radius 2 is 1.93 bits per heavy atom. The minimum absolute atomic E-state index is 0.303. The molecule has 0 nitrogen and oxygen atoms in total. The number of halogens is 1. The van der Waals surface area contributed by atoms with Crippen molar-refractivity contribution in [1.29, 1.82) is 0 Å². The van der Waals surface area contributed by atoms with E-state index in [1.54, 1.807) is 0 Å². The average molecular weight is 241 g/mol. The minimum Gasteiger partial charge on any atom is -0.144 e. The summed E-state index contributed by atoms with van der Waals surface area (Å²) in [6, 6.07) is 4.42. The summed E-state index contributed by atoms with van der Waals surface area (Å²) >= 11 is 8.48. The molecule has 2 heteroatoms. The summed E-state index contributed by atoms with van der Waals surface area (Å²) in [7, 11) is 0. The van der Waals surface area contributed by atoms with Gasteiger partial charge in [0.15, 0.2) is 0 Å². The number of hydrogen-bond donors (Lipinski definition) is 0. The van der Waals surface area contributed by atoms with Gasteiger partial charge in [0.1, 0.15) is 0 Å². The topological polar surface area (TPSA) is 0 Å². The second-order valence-electron chi connectivity index (χ2n) is 5.04. The van der Waals surface area contributed by atoms with Gasteiger partial charge >= 0.3 is 0 Å². The fourth-order valence-electron chi connectivity index (χ4n) is 3.27. The van der Waals surface area contributed by atoms with Crippen molar-refractivity contribution < 1.29 is 0 Å². The predicted molar refractivity (Wildman–Crippen MR) is 66.6 cm³/mol. The van der Waals surface area contributed by atoms with E-state index in [2.05, 4.69) is 19.1 Å². The molecule has 0 aliphatic heterocycles. The van der Waals surface area contributed by atoms with E-state index in [-0.39, 0.29) is 0 Å². The molecule has 0 radical (unpaired) electrons. The van der Waals surface area contributed by atoms with Crippen molar-refractivity contribution in [2.75, 3.05) is 0 Å². The van der Waals surface area contributed by atoms with E-state index in [4.69, 9.17) is 11.6 Å². The molecule has 15 heavy (non-hydrogen) atoms. The molecule has 0 saturated heterocycles. The maximum Gasteiger partial charge on any atom is 0.0712 e. The maximum atomic E-state index is 6.60. The van der Waals surface area contributed by atoms with Gasteiger partial charge in [-0.05, 0) is 49.7 Å². The highest BCUT2D eigenvalue weighted by Gasteiger charge is 2.54. The summed E-state index contributed by atoms with van der Waals surface area (Å²) in [6.07, 6.45) is 5.74. The van der Waals surface area contributed by atoms with Crippen molar-refractivity contribution in [1.82, 2.24) is 0 Å². The molecule has 0 bridgehead atoms. The highest BCUT2D eigenvalue weighted by atomic mass is 35.5. The molecule has 3 unspecified atom stereocenters. The molecule has 2 saturated carbocycles. The Morgan fingerprint density at radius 1 is 1.27 bits per heavy atom. The van der Waals surface area contributed by atoms with Gasteiger partial charge in [0, 0.05) is 9.75 Å². The van der Waals surface area contributed by atoms with Crippen LogP contribution in [0, 0.1) is 24.7 Å². The molecule has 1 heterocycles. The summed E-state index contributed by atoms with van der Waals surface area (Å²) in [5, 5.41) is 0.303. The standard InChI is InChI=1S/C13H17ClS/c1-8-6-7-11(15-8)13(14)12-9-4-2-3-5-10(9)12/h6-7,9-10,12-13H,2-5H2,1H3. The molecule has 2 aliphatic carbocycles. The SMILES string of the molecule is Cc1ccc(C(Cl)C2C3CCCCC32)s1. The molecule has 2 aliphatic rings. The third-order valence-electron chi connectivity index (χ3n) is 4.09. The van der Waals surface area contributed by atoms with E-state index < -0.39 is 0 Å². The third kappa shape index (κ3) is 1.74. The van der Waals surface area contributed by atoms with Gasteiger partial charge in [-0.25, -0.2) is 0 Å². The lowest BCUT2D eigenvalue weighted by atomic mass is 10.0. The van der Waals surface area contributed by atoms with Gasteiger partial charge < -0.3 is 0 Å². The summed E-state index contributed by atoms with van der Waals surface area (Å²) < 4.78 is 0. The van der Waals surface area contributed by atoms with Gasteiger partial charge in [-0.3, -0.25) is 0 Å². The Morgan fingerprint density at radius 3 is 2.47 bits per heavy atom. The zero-order valence-corrected chi connectivity index (χ0v) is 10.7. The summed E-state index contributed by atoms with van der Waals surface area (Å²) in [6.45, 7) is 2.16. The molecule has 0 N–H and O–H groups in total. The van der Waals surface area contributed by atoms with Crippen LogP contribution in [0.15, 0.2) is 12.1 Å². The van der Waals surface area contributed by atoms with Crippen LogP contribution >= 0.6 is 22.9 Å². The number of fused-ring (bicyclic) bond motifs is 1. The number of thiophene rings is 1. The Kier molecular flexibility index (Phi) is 2.56. The van der Waals surface area contributed by atoms with Crippen molar-refractivity contribution >= 4 is 22.9 Å². The van der Waals surface area contributed by atoms with Gasteiger partial charge in [0.25, 0.3) is 0 Å². The highest BCUT2D eigenvalue weighted by molar-refractivity contribution is 7.12. The van der Waals surface area contributed by atoms with Crippen LogP contribution in [0.5, 0.6) is 0 Å². The van der Waals surface area contributed by atoms with Crippen LogP contribution in [-0.4, -0.2) is 0 Å². The van der Waals surface area contributed by atoms with Crippen LogP contribution in [0.1, 0.15) is 40.8 Å². The fraction of sp³-hybridized carbons (Fsp3) is 0.692. The van der Waals surface area contributed by atoms with Gasteiger partial charge in [0.05, 0.1) is 5.38 Å². The van der Waals surface area contributed by atoms with Crippen molar-refractivity contribution in [2.24, 2.45) is 17.8 Å². The Hall–Kier alpha value is -0.0100. The van der Waals surface area contributed by atoms with Gasteiger partial charge in [-0.1, -0.05) is 12.8 Å². The first-order valence-corrected chi connectivity index (χ1v) is 7.23. The quantitative estimate of drug-likeness (QED) is 0.653. The van der Waals surface area contributed by atoms with Gasteiger partial charge in [0.2, 0.25) is 0 Å². The lowest BCUT2D eigenvalue weighted by Gasteiger charge is -2.05. The fourth-order valence-corrected chi connectivity index (χ4v) is 4.77. The van der Waals surface area contributed by atoms with E-state index in [0.29, 0.717) is 5.38 Å². The van der Waals surface area contributed by atoms with E-state index >= 15 is 0 Å². The molecule has 0 spiro atoms. The van der Waals surface area contributed by atoms with Crippen molar-refractivity contribution in [3.05, 3.63) is 21.9 Å². The molecule has 1 aromatic rings. The van der Waals surface area contributed by atoms with E-state index in [0.717, 1.165) is 17.8 Å². The summed E-state index contributed by atoms with van der Waals surface area (Å²) in [5.41, 5.74) is 0. The van der Waals surface area contributed by atoms with Crippen LogP contribution in [0.3, 0.4) is 0 Å². The monoisotopic (exact) mass is 240 g/mol. The van der Waals surface area contributed by atoms with Crippen LogP contribution in [-0.2, 0) is 0 Å². The first-order chi connectivity index (χ1) is 7.27. The van der Waals surface area contributed by atoms with Crippen molar-refractivity contribution in [3.63, 3.8) is 0 Å². The Labute approximate surface area is 101 Å².